The van der Waals surface area contributed by atoms with Gasteiger partial charge in [0.05, 0.1) is 25.7 Å². The molecule has 0 aliphatic carbocycles. The number of benzene rings is 2. The van der Waals surface area contributed by atoms with Crippen LogP contribution in [0.4, 0.5) is 0 Å². The number of aliphatic hydroxyl groups excluding tert-OH is 1. The van der Waals surface area contributed by atoms with Crippen molar-refractivity contribution in [1.82, 2.24) is 41.3 Å². The number of carbonyl (C=O) groups is 8. The minimum atomic E-state index is -1.53. The molecule has 0 bridgehead atoms. The molecule has 60 heavy (non-hydrogen) atoms. The molecule has 1 aliphatic heterocycles. The zero-order valence-electron chi connectivity index (χ0n) is 35.9. The standard InChI is InChI=1S/C43H62N8O9/c1-9-26(3)36-42(59)51(8)38(27(4)10-2)43(60)50(7)32(22-30-19-15-12-16-20-30)40(57)44-23-33(53)46-31(21-29-17-13-11-14-18-29)39(56)45-24-35(55)49(6)25-34(54)47-37(28(5)52)41(58)48-36/h11-20,26-28,31-32,36-38,52H,9-10,21-25H2,1-8H3,(H,44,57)(H,45,56)(H,46,53)(H,47,54)(H,48,58)/t26-,27-,28+,31-,32-,36-,37-,38-/m0/s1. The van der Waals surface area contributed by atoms with Gasteiger partial charge in [-0.3, -0.25) is 38.4 Å². The second kappa shape index (κ2) is 23.1. The lowest BCUT2D eigenvalue weighted by Crippen LogP contribution is -2.62. The molecule has 0 spiro atoms. The summed E-state index contributed by atoms with van der Waals surface area (Å²) < 4.78 is 0. The van der Waals surface area contributed by atoms with Gasteiger partial charge < -0.3 is 46.4 Å². The minimum Gasteiger partial charge on any atom is -0.391 e. The highest BCUT2D eigenvalue weighted by Crippen LogP contribution is 2.22. The number of carbonyl (C=O) groups excluding carboxylic acids is 8. The van der Waals surface area contributed by atoms with Crippen LogP contribution in [0.3, 0.4) is 0 Å². The first kappa shape index (κ1) is 48.5. The third kappa shape index (κ3) is 13.6. The average Bonchev–Trinajstić information content (AvgIpc) is 3.23. The normalized spacial score (nSPS) is 24.3. The molecule has 3 rings (SSSR count). The highest BCUT2D eigenvalue weighted by atomic mass is 16.3. The monoisotopic (exact) mass is 834 g/mol. The summed E-state index contributed by atoms with van der Waals surface area (Å²) >= 11 is 0. The Kier molecular flexibility index (Phi) is 18.7. The van der Waals surface area contributed by atoms with Crippen LogP contribution in [-0.2, 0) is 51.2 Å². The maximum Gasteiger partial charge on any atom is 0.246 e. The molecule has 1 heterocycles. The van der Waals surface area contributed by atoms with Gasteiger partial charge >= 0.3 is 0 Å². The summed E-state index contributed by atoms with van der Waals surface area (Å²) in [5, 5.41) is 23.5. The number of aliphatic hydroxyl groups is 1. The van der Waals surface area contributed by atoms with E-state index in [9.17, 15) is 43.5 Å². The first-order valence-corrected chi connectivity index (χ1v) is 20.4. The summed E-state index contributed by atoms with van der Waals surface area (Å²) in [5.74, 6) is -6.48. The van der Waals surface area contributed by atoms with Crippen LogP contribution < -0.4 is 26.6 Å². The van der Waals surface area contributed by atoms with Crippen LogP contribution >= 0.6 is 0 Å². The number of amides is 8. The lowest BCUT2D eigenvalue weighted by Gasteiger charge is -2.39. The van der Waals surface area contributed by atoms with E-state index in [0.717, 1.165) is 10.5 Å². The van der Waals surface area contributed by atoms with Crippen molar-refractivity contribution in [3.8, 4) is 0 Å². The molecule has 0 aromatic heterocycles. The fourth-order valence-electron chi connectivity index (χ4n) is 6.84. The van der Waals surface area contributed by atoms with Crippen LogP contribution in [0.1, 0.15) is 58.6 Å². The second-order valence-electron chi connectivity index (χ2n) is 15.6. The Morgan fingerprint density at radius 3 is 1.72 bits per heavy atom. The first-order valence-electron chi connectivity index (χ1n) is 20.4. The first-order chi connectivity index (χ1) is 28.4. The Labute approximate surface area is 352 Å². The molecule has 1 saturated heterocycles. The van der Waals surface area contributed by atoms with Crippen molar-refractivity contribution >= 4 is 47.3 Å². The van der Waals surface area contributed by atoms with E-state index in [4.69, 9.17) is 0 Å². The summed E-state index contributed by atoms with van der Waals surface area (Å²) in [5.41, 5.74) is 1.42. The molecule has 8 atom stereocenters. The largest absolute Gasteiger partial charge is 0.391 e. The maximum atomic E-state index is 14.6. The highest BCUT2D eigenvalue weighted by Gasteiger charge is 2.41. The van der Waals surface area contributed by atoms with Gasteiger partial charge in [-0.05, 0) is 29.9 Å². The lowest BCUT2D eigenvalue weighted by atomic mass is 9.92. The number of nitrogens with zero attached hydrogens (tertiary/aromatic N) is 3. The van der Waals surface area contributed by atoms with Gasteiger partial charge in [-0.15, -0.1) is 0 Å². The Morgan fingerprint density at radius 1 is 0.617 bits per heavy atom. The molecular weight excluding hydrogens is 773 g/mol. The smallest absolute Gasteiger partial charge is 0.246 e. The fraction of sp³-hybridized carbons (Fsp3) is 0.535. The molecule has 0 unspecified atom stereocenters. The van der Waals surface area contributed by atoms with Gasteiger partial charge in [-0.25, -0.2) is 0 Å². The molecular formula is C43H62N8O9. The van der Waals surface area contributed by atoms with Crippen molar-refractivity contribution in [2.75, 3.05) is 40.8 Å². The predicted molar refractivity (Wildman–Crippen MR) is 223 cm³/mol. The summed E-state index contributed by atoms with van der Waals surface area (Å²) in [4.78, 5) is 114. The zero-order chi connectivity index (χ0) is 44.7. The van der Waals surface area contributed by atoms with Crippen molar-refractivity contribution in [2.24, 2.45) is 11.8 Å². The summed E-state index contributed by atoms with van der Waals surface area (Å²) in [6.45, 7) is 6.85. The van der Waals surface area contributed by atoms with Gasteiger partial charge in [0.2, 0.25) is 47.3 Å². The molecule has 2 aromatic rings. The van der Waals surface area contributed by atoms with Gasteiger partial charge in [-0.2, -0.15) is 0 Å². The van der Waals surface area contributed by atoms with Crippen molar-refractivity contribution in [3.63, 3.8) is 0 Å². The number of rotatable bonds is 9. The molecule has 17 heteroatoms. The molecule has 1 fully saturated rings. The minimum absolute atomic E-state index is 0.0383. The maximum absolute atomic E-state index is 14.6. The SMILES string of the molecule is CC[C@H](C)[C@@H]1NC(=O)[C@H]([C@@H](C)O)NC(=O)CN(C)C(=O)CNC(=O)[C@H](Cc2ccccc2)NC(=O)CNC(=O)[C@H](Cc2ccccc2)N(C)C(=O)[C@H]([C@@H](C)CC)N(C)C1=O. The van der Waals surface area contributed by atoms with Crippen molar-refractivity contribution in [3.05, 3.63) is 71.8 Å². The Morgan fingerprint density at radius 2 is 1.17 bits per heavy atom. The quantitative estimate of drug-likeness (QED) is 0.196. The Balaban J connectivity index is 2.09. The van der Waals surface area contributed by atoms with E-state index >= 15 is 0 Å². The van der Waals surface area contributed by atoms with Gasteiger partial charge in [0, 0.05) is 34.0 Å². The summed E-state index contributed by atoms with van der Waals surface area (Å²) in [6, 6.07) is 11.6. The molecule has 8 amide bonds. The van der Waals surface area contributed by atoms with E-state index in [0.29, 0.717) is 18.4 Å². The molecule has 0 radical (unpaired) electrons. The van der Waals surface area contributed by atoms with Crippen LogP contribution in [0.5, 0.6) is 0 Å². The van der Waals surface area contributed by atoms with Crippen LogP contribution in [0.2, 0.25) is 0 Å². The lowest BCUT2D eigenvalue weighted by molar-refractivity contribution is -0.151. The summed E-state index contributed by atoms with van der Waals surface area (Å²) in [6.07, 6.45) is -0.437. The molecule has 0 saturated carbocycles. The molecule has 6 N–H and O–H groups in total. The van der Waals surface area contributed by atoms with E-state index in [-0.39, 0.29) is 12.8 Å². The molecule has 2 aromatic carbocycles. The third-order valence-corrected chi connectivity index (χ3v) is 11.0. The molecule has 328 valence electrons. The highest BCUT2D eigenvalue weighted by molar-refractivity contribution is 5.97. The van der Waals surface area contributed by atoms with Crippen molar-refractivity contribution < 1.29 is 43.5 Å². The van der Waals surface area contributed by atoms with E-state index in [1.54, 1.807) is 68.4 Å². The van der Waals surface area contributed by atoms with Crippen LogP contribution in [0.25, 0.3) is 0 Å². The predicted octanol–water partition coefficient (Wildman–Crippen LogP) is -0.242. The van der Waals surface area contributed by atoms with Crippen LogP contribution in [0.15, 0.2) is 60.7 Å². The Bertz CT molecular complexity index is 1810. The van der Waals surface area contributed by atoms with Crippen molar-refractivity contribution in [2.45, 2.75) is 96.6 Å². The number of likely N-dealkylation sites (N-methyl/N-ethyl adjacent to an activating group) is 3. The molecule has 1 aliphatic rings. The van der Waals surface area contributed by atoms with Gasteiger partial charge in [-0.1, -0.05) is 101 Å². The molecule has 17 nitrogen and oxygen atoms in total. The average molecular weight is 835 g/mol. The zero-order valence-corrected chi connectivity index (χ0v) is 35.9. The van der Waals surface area contributed by atoms with Gasteiger partial charge in [0.1, 0.15) is 30.2 Å². The van der Waals surface area contributed by atoms with Gasteiger partial charge in [0.25, 0.3) is 0 Å². The van der Waals surface area contributed by atoms with Gasteiger partial charge in [0.15, 0.2) is 0 Å². The Hall–Kier alpha value is -5.84. The van der Waals surface area contributed by atoms with Crippen molar-refractivity contribution in [1.29, 1.82) is 0 Å². The number of hydrogen-bond donors (Lipinski definition) is 6. The summed E-state index contributed by atoms with van der Waals surface area (Å²) in [7, 11) is 4.22. The topological polar surface area (TPSA) is 227 Å². The second-order valence-corrected chi connectivity index (χ2v) is 15.6. The van der Waals surface area contributed by atoms with E-state index in [1.165, 1.54) is 37.9 Å². The van der Waals surface area contributed by atoms with E-state index in [2.05, 4.69) is 26.6 Å². The number of hydrogen-bond acceptors (Lipinski definition) is 9. The van der Waals surface area contributed by atoms with Crippen LogP contribution in [-0.4, -0.2) is 144 Å². The third-order valence-electron chi connectivity index (χ3n) is 11.0. The number of nitrogens with one attached hydrogen (secondary N) is 5. The van der Waals surface area contributed by atoms with Crippen LogP contribution in [0, 0.1) is 11.8 Å². The fourth-order valence-corrected chi connectivity index (χ4v) is 6.84. The van der Waals surface area contributed by atoms with E-state index < -0.39 is 115 Å². The van der Waals surface area contributed by atoms with E-state index in [1.807, 2.05) is 19.9 Å².